The van der Waals surface area contributed by atoms with Crippen LogP contribution in [0.3, 0.4) is 0 Å². The van der Waals surface area contributed by atoms with Crippen molar-refractivity contribution in [2.45, 2.75) is 4.90 Å². The minimum Gasteiger partial charge on any atom is -0.417 e. The van der Waals surface area contributed by atoms with Gasteiger partial charge in [0.2, 0.25) is 10.0 Å². The van der Waals surface area contributed by atoms with Crippen molar-refractivity contribution in [1.29, 1.82) is 0 Å². The molecule has 10 heteroatoms. The fraction of sp³-hybridized carbons (Fsp3) is 0.0625. The number of nitrogens with one attached hydrogen (secondary N) is 1. The number of hydrogen-bond acceptors (Lipinski definition) is 7. The second-order valence-corrected chi connectivity index (χ2v) is 8.64. The molecule has 0 aliphatic heterocycles. The van der Waals surface area contributed by atoms with Gasteiger partial charge in [0.1, 0.15) is 10.6 Å². The molecule has 3 aromatic rings. The maximum atomic E-state index is 12.4. The highest BCUT2D eigenvalue weighted by Gasteiger charge is 2.19. The molecule has 0 amide bonds. The molecule has 0 radical (unpaired) electrons. The lowest BCUT2D eigenvalue weighted by Gasteiger charge is -2.09. The van der Waals surface area contributed by atoms with Crippen LogP contribution in [0.25, 0.3) is 11.0 Å². The van der Waals surface area contributed by atoms with Crippen LogP contribution in [0.1, 0.15) is 0 Å². The first-order valence-electron chi connectivity index (χ1n) is 7.20. The van der Waals surface area contributed by atoms with Crippen LogP contribution in [-0.2, 0) is 20.1 Å². The number of para-hydroxylation sites is 1. The van der Waals surface area contributed by atoms with Crippen molar-refractivity contribution in [3.8, 4) is 5.75 Å². The summed E-state index contributed by atoms with van der Waals surface area (Å²) in [6, 6.07) is 13.1. The topological polar surface area (TPSA) is 120 Å². The van der Waals surface area contributed by atoms with Crippen LogP contribution in [0.5, 0.6) is 5.75 Å². The number of benzene rings is 2. The van der Waals surface area contributed by atoms with Crippen LogP contribution in [0, 0.1) is 0 Å². The molecule has 1 N–H and O–H groups in total. The Bertz CT molecular complexity index is 1230. The van der Waals surface area contributed by atoms with Gasteiger partial charge in [0.25, 0.3) is 0 Å². The zero-order valence-electron chi connectivity index (χ0n) is 13.4. The predicted octanol–water partition coefficient (Wildman–Crippen LogP) is 1.93. The molecule has 0 bridgehead atoms. The molecule has 2 aromatic carbocycles. The van der Waals surface area contributed by atoms with Crippen molar-refractivity contribution in [1.82, 2.24) is 0 Å². The van der Waals surface area contributed by atoms with E-state index in [1.54, 1.807) is 18.2 Å². The Morgan fingerprint density at radius 3 is 2.31 bits per heavy atom. The number of anilines is 1. The van der Waals surface area contributed by atoms with Gasteiger partial charge in [0.15, 0.2) is 11.3 Å². The lowest BCUT2D eigenvalue weighted by atomic mass is 10.2. The number of fused-ring (bicyclic) bond motifs is 1. The zero-order chi connectivity index (χ0) is 18.9. The van der Waals surface area contributed by atoms with Crippen molar-refractivity contribution >= 4 is 36.8 Å². The van der Waals surface area contributed by atoms with E-state index in [0.717, 1.165) is 6.26 Å². The standard InChI is InChI=1S/C16H13NO7S2/c1-25(19,20)17-13-10-11-6-5-9-14(15(11)23-16(13)18)24-26(21,22)12-7-3-2-4-8-12/h2-10,17H,1H3. The zero-order valence-corrected chi connectivity index (χ0v) is 15.0. The highest BCUT2D eigenvalue weighted by atomic mass is 32.2. The first-order chi connectivity index (χ1) is 12.2. The third-order valence-electron chi connectivity index (χ3n) is 3.25. The van der Waals surface area contributed by atoms with E-state index in [-0.39, 0.29) is 27.3 Å². The van der Waals surface area contributed by atoms with E-state index in [1.165, 1.54) is 36.4 Å². The Kier molecular flexibility index (Phi) is 4.46. The molecule has 0 saturated carbocycles. The second kappa shape index (κ2) is 6.46. The first-order valence-corrected chi connectivity index (χ1v) is 10.5. The Morgan fingerprint density at radius 1 is 0.962 bits per heavy atom. The summed E-state index contributed by atoms with van der Waals surface area (Å²) in [5.74, 6) is -0.186. The average molecular weight is 395 g/mol. The lowest BCUT2D eigenvalue weighted by molar-refractivity contribution is 0.475. The van der Waals surface area contributed by atoms with Crippen molar-refractivity contribution in [2.24, 2.45) is 0 Å². The van der Waals surface area contributed by atoms with Gasteiger partial charge in [-0.25, -0.2) is 13.2 Å². The Balaban J connectivity index is 2.08. The second-order valence-electron chi connectivity index (χ2n) is 5.35. The van der Waals surface area contributed by atoms with Crippen LogP contribution in [0.2, 0.25) is 0 Å². The highest BCUT2D eigenvalue weighted by Crippen LogP contribution is 2.28. The summed E-state index contributed by atoms with van der Waals surface area (Å²) in [4.78, 5) is 11.9. The van der Waals surface area contributed by atoms with Gasteiger partial charge in [0.05, 0.1) is 6.26 Å². The normalized spacial score (nSPS) is 12.0. The predicted molar refractivity (Wildman–Crippen MR) is 95.2 cm³/mol. The van der Waals surface area contributed by atoms with Gasteiger partial charge in [-0.2, -0.15) is 8.42 Å². The molecule has 26 heavy (non-hydrogen) atoms. The van der Waals surface area contributed by atoms with Gasteiger partial charge < -0.3 is 8.60 Å². The van der Waals surface area contributed by atoms with Crippen LogP contribution in [0.15, 0.2) is 68.7 Å². The van der Waals surface area contributed by atoms with Crippen molar-refractivity contribution in [3.05, 3.63) is 65.0 Å². The minimum atomic E-state index is -4.13. The Morgan fingerprint density at radius 2 is 1.65 bits per heavy atom. The monoisotopic (exact) mass is 395 g/mol. The van der Waals surface area contributed by atoms with Crippen molar-refractivity contribution < 1.29 is 25.4 Å². The van der Waals surface area contributed by atoms with Crippen LogP contribution < -0.4 is 14.5 Å². The van der Waals surface area contributed by atoms with Gasteiger partial charge in [0, 0.05) is 5.39 Å². The average Bonchev–Trinajstić information content (AvgIpc) is 2.56. The fourth-order valence-electron chi connectivity index (χ4n) is 2.21. The van der Waals surface area contributed by atoms with Gasteiger partial charge in [-0.1, -0.05) is 30.3 Å². The summed E-state index contributed by atoms with van der Waals surface area (Å²) in [5, 5.41) is 0.288. The molecule has 0 spiro atoms. The quantitative estimate of drug-likeness (QED) is 0.518. The molecule has 3 rings (SSSR count). The minimum absolute atomic E-state index is 0.0605. The maximum Gasteiger partial charge on any atom is 0.360 e. The lowest BCUT2D eigenvalue weighted by Crippen LogP contribution is -2.16. The van der Waals surface area contributed by atoms with Gasteiger partial charge >= 0.3 is 15.7 Å². The summed E-state index contributed by atoms with van der Waals surface area (Å²) in [6.07, 6.45) is 0.891. The SMILES string of the molecule is CS(=O)(=O)Nc1cc2cccc(OS(=O)(=O)c3ccccc3)c2oc1=O. The number of sulfonamides is 1. The molecule has 0 atom stereocenters. The Labute approximate surface area is 149 Å². The van der Waals surface area contributed by atoms with Gasteiger partial charge in [-0.3, -0.25) is 4.72 Å². The molecule has 0 saturated heterocycles. The van der Waals surface area contributed by atoms with Crippen molar-refractivity contribution in [2.75, 3.05) is 11.0 Å². The summed E-state index contributed by atoms with van der Waals surface area (Å²) in [5.41, 5.74) is -1.38. The van der Waals surface area contributed by atoms with E-state index in [4.69, 9.17) is 8.60 Å². The molecular formula is C16H13NO7S2. The molecule has 0 aliphatic rings. The van der Waals surface area contributed by atoms with Crippen molar-refractivity contribution in [3.63, 3.8) is 0 Å². The molecule has 1 aromatic heterocycles. The molecule has 0 unspecified atom stereocenters. The van der Waals surface area contributed by atoms with Gasteiger partial charge in [-0.05, 0) is 24.3 Å². The van der Waals surface area contributed by atoms with E-state index in [0.29, 0.717) is 0 Å². The summed E-state index contributed by atoms with van der Waals surface area (Å²) >= 11 is 0. The molecule has 0 fully saturated rings. The highest BCUT2D eigenvalue weighted by molar-refractivity contribution is 7.92. The Hall–Kier alpha value is -2.85. The van der Waals surface area contributed by atoms with E-state index >= 15 is 0 Å². The molecule has 8 nitrogen and oxygen atoms in total. The third kappa shape index (κ3) is 3.86. The molecule has 1 heterocycles. The largest absolute Gasteiger partial charge is 0.417 e. The van der Waals surface area contributed by atoms with Crippen LogP contribution >= 0.6 is 0 Å². The van der Waals surface area contributed by atoms with Gasteiger partial charge in [-0.15, -0.1) is 0 Å². The fourth-order valence-corrected chi connectivity index (χ4v) is 3.70. The van der Waals surface area contributed by atoms with E-state index in [1.807, 2.05) is 4.72 Å². The number of rotatable bonds is 5. The van der Waals surface area contributed by atoms with E-state index < -0.39 is 25.8 Å². The summed E-state index contributed by atoms with van der Waals surface area (Å²) < 4.78 is 59.5. The van der Waals surface area contributed by atoms with E-state index in [2.05, 4.69) is 0 Å². The molecule has 136 valence electrons. The molecular weight excluding hydrogens is 382 g/mol. The summed E-state index contributed by atoms with van der Waals surface area (Å²) in [7, 11) is -7.81. The van der Waals surface area contributed by atoms with Crippen LogP contribution in [0.4, 0.5) is 5.69 Å². The smallest absolute Gasteiger partial charge is 0.360 e. The third-order valence-corrected chi connectivity index (χ3v) is 5.09. The maximum absolute atomic E-state index is 12.4. The number of hydrogen-bond donors (Lipinski definition) is 1. The van der Waals surface area contributed by atoms with E-state index in [9.17, 15) is 21.6 Å². The molecule has 0 aliphatic carbocycles. The summed E-state index contributed by atoms with van der Waals surface area (Å²) in [6.45, 7) is 0. The van der Waals surface area contributed by atoms with Crippen LogP contribution in [-0.4, -0.2) is 23.1 Å². The first kappa shape index (κ1) is 18.0.